The normalized spacial score (nSPS) is 10.3. The van der Waals surface area contributed by atoms with E-state index in [0.717, 1.165) is 30.2 Å². The van der Waals surface area contributed by atoms with Crippen molar-refractivity contribution < 1.29 is 9.47 Å². The monoisotopic (exact) mass is 272 g/mol. The Morgan fingerprint density at radius 3 is 2.75 bits per heavy atom. The molecule has 1 heterocycles. The molecule has 20 heavy (non-hydrogen) atoms. The topological polar surface area (TPSA) is 43.4 Å². The molecule has 2 aromatic rings. The third-order valence-corrected chi connectivity index (χ3v) is 2.72. The second kappa shape index (κ2) is 7.50. The van der Waals surface area contributed by atoms with Gasteiger partial charge in [-0.15, -0.1) is 0 Å². The highest BCUT2D eigenvalue weighted by Crippen LogP contribution is 2.24. The number of aromatic nitrogens is 1. The molecule has 1 aromatic carbocycles. The average molecular weight is 272 g/mol. The average Bonchev–Trinajstić information content (AvgIpc) is 2.46. The molecule has 0 atom stereocenters. The molecule has 0 saturated carbocycles. The van der Waals surface area contributed by atoms with E-state index in [1.807, 2.05) is 43.3 Å². The van der Waals surface area contributed by atoms with Crippen LogP contribution in [-0.4, -0.2) is 18.1 Å². The lowest BCUT2D eigenvalue weighted by Crippen LogP contribution is -2.11. The van der Waals surface area contributed by atoms with Gasteiger partial charge in [-0.05, 0) is 37.2 Å². The van der Waals surface area contributed by atoms with Gasteiger partial charge in [-0.3, -0.25) is 0 Å². The Balaban J connectivity index is 2.07. The summed E-state index contributed by atoms with van der Waals surface area (Å²) < 4.78 is 11.2. The molecular formula is C16H20N2O2. The molecule has 0 amide bonds. The van der Waals surface area contributed by atoms with Gasteiger partial charge in [-0.1, -0.05) is 13.0 Å². The van der Waals surface area contributed by atoms with Crippen LogP contribution in [0.4, 0.5) is 0 Å². The number of ether oxygens (including phenoxy) is 2. The van der Waals surface area contributed by atoms with Gasteiger partial charge >= 0.3 is 0 Å². The quantitative estimate of drug-likeness (QED) is 0.839. The third kappa shape index (κ3) is 4.24. The summed E-state index contributed by atoms with van der Waals surface area (Å²) in [4.78, 5) is 4.23. The fraction of sp³-hybridized carbons (Fsp3) is 0.312. The summed E-state index contributed by atoms with van der Waals surface area (Å²) in [5.41, 5.74) is 1.15. The van der Waals surface area contributed by atoms with E-state index < -0.39 is 0 Å². The summed E-state index contributed by atoms with van der Waals surface area (Å²) in [5.74, 6) is 2.12. The zero-order chi connectivity index (χ0) is 14.2. The van der Waals surface area contributed by atoms with Gasteiger partial charge in [0.2, 0.25) is 5.88 Å². The van der Waals surface area contributed by atoms with Gasteiger partial charge in [0.1, 0.15) is 11.5 Å². The minimum absolute atomic E-state index is 0.592. The van der Waals surface area contributed by atoms with Gasteiger partial charge in [0.15, 0.2) is 0 Å². The molecule has 2 rings (SSSR count). The SMILES string of the molecule is CCNCc1ccnc(Oc2cccc(OCC)c2)c1. The van der Waals surface area contributed by atoms with E-state index in [4.69, 9.17) is 9.47 Å². The molecule has 0 spiro atoms. The second-order valence-corrected chi connectivity index (χ2v) is 4.29. The van der Waals surface area contributed by atoms with Gasteiger partial charge < -0.3 is 14.8 Å². The van der Waals surface area contributed by atoms with Crippen LogP contribution in [0.15, 0.2) is 42.6 Å². The first-order chi connectivity index (χ1) is 9.81. The Kier molecular flexibility index (Phi) is 5.38. The highest BCUT2D eigenvalue weighted by molar-refractivity contribution is 5.35. The van der Waals surface area contributed by atoms with Gasteiger partial charge in [0.05, 0.1) is 6.61 Å². The molecule has 1 aromatic heterocycles. The van der Waals surface area contributed by atoms with Crippen LogP contribution in [-0.2, 0) is 6.54 Å². The van der Waals surface area contributed by atoms with Crippen LogP contribution in [0.1, 0.15) is 19.4 Å². The Hall–Kier alpha value is -2.07. The van der Waals surface area contributed by atoms with E-state index in [9.17, 15) is 0 Å². The van der Waals surface area contributed by atoms with Crippen LogP contribution < -0.4 is 14.8 Å². The summed E-state index contributed by atoms with van der Waals surface area (Å²) in [5, 5.41) is 3.28. The van der Waals surface area contributed by atoms with E-state index >= 15 is 0 Å². The van der Waals surface area contributed by atoms with Crippen LogP contribution in [0.3, 0.4) is 0 Å². The number of nitrogens with zero attached hydrogens (tertiary/aromatic N) is 1. The number of hydrogen-bond acceptors (Lipinski definition) is 4. The second-order valence-electron chi connectivity index (χ2n) is 4.29. The fourth-order valence-corrected chi connectivity index (χ4v) is 1.80. The summed E-state index contributed by atoms with van der Waals surface area (Å²) in [6.07, 6.45) is 1.76. The minimum atomic E-state index is 0.592. The van der Waals surface area contributed by atoms with Gasteiger partial charge in [0.25, 0.3) is 0 Å². The van der Waals surface area contributed by atoms with Crippen molar-refractivity contribution in [2.45, 2.75) is 20.4 Å². The predicted molar refractivity (Wildman–Crippen MR) is 79.3 cm³/mol. The maximum absolute atomic E-state index is 5.77. The molecule has 0 fully saturated rings. The molecule has 0 bridgehead atoms. The Labute approximate surface area is 119 Å². The molecule has 0 unspecified atom stereocenters. The maximum atomic E-state index is 5.77. The van der Waals surface area contributed by atoms with Crippen molar-refractivity contribution in [1.82, 2.24) is 10.3 Å². The molecule has 0 aliphatic heterocycles. The zero-order valence-electron chi connectivity index (χ0n) is 11.9. The lowest BCUT2D eigenvalue weighted by molar-refractivity contribution is 0.338. The van der Waals surface area contributed by atoms with E-state index in [-0.39, 0.29) is 0 Å². The molecule has 0 radical (unpaired) electrons. The highest BCUT2D eigenvalue weighted by atomic mass is 16.5. The highest BCUT2D eigenvalue weighted by Gasteiger charge is 2.02. The first kappa shape index (κ1) is 14.3. The van der Waals surface area contributed by atoms with Gasteiger partial charge in [-0.2, -0.15) is 0 Å². The number of nitrogens with one attached hydrogen (secondary N) is 1. The van der Waals surface area contributed by atoms with E-state index in [1.165, 1.54) is 0 Å². The van der Waals surface area contributed by atoms with Crippen molar-refractivity contribution in [3.05, 3.63) is 48.2 Å². The molecule has 4 nitrogen and oxygen atoms in total. The first-order valence-electron chi connectivity index (χ1n) is 6.88. The number of rotatable bonds is 7. The molecule has 0 saturated heterocycles. The van der Waals surface area contributed by atoms with Crippen LogP contribution >= 0.6 is 0 Å². The lowest BCUT2D eigenvalue weighted by Gasteiger charge is -2.08. The Morgan fingerprint density at radius 2 is 1.95 bits per heavy atom. The van der Waals surface area contributed by atoms with Crippen molar-refractivity contribution in [3.8, 4) is 17.4 Å². The van der Waals surface area contributed by atoms with Gasteiger partial charge in [-0.25, -0.2) is 4.98 Å². The van der Waals surface area contributed by atoms with Crippen LogP contribution in [0, 0.1) is 0 Å². The number of pyridine rings is 1. The Morgan fingerprint density at radius 1 is 1.10 bits per heavy atom. The number of hydrogen-bond donors (Lipinski definition) is 1. The minimum Gasteiger partial charge on any atom is -0.494 e. The summed E-state index contributed by atoms with van der Waals surface area (Å²) in [7, 11) is 0. The smallest absolute Gasteiger partial charge is 0.219 e. The molecule has 0 aliphatic rings. The maximum Gasteiger partial charge on any atom is 0.219 e. The summed E-state index contributed by atoms with van der Waals surface area (Å²) in [6.45, 7) is 6.43. The standard InChI is InChI=1S/C16H20N2O2/c1-3-17-12-13-8-9-18-16(10-13)20-15-7-5-6-14(11-15)19-4-2/h5-11,17H,3-4,12H2,1-2H3. The van der Waals surface area contributed by atoms with Crippen molar-refractivity contribution in [1.29, 1.82) is 0 Å². The molecule has 0 aliphatic carbocycles. The lowest BCUT2D eigenvalue weighted by atomic mass is 10.2. The van der Waals surface area contributed by atoms with Crippen molar-refractivity contribution in [3.63, 3.8) is 0 Å². The molecular weight excluding hydrogens is 252 g/mol. The summed E-state index contributed by atoms with van der Waals surface area (Å²) in [6, 6.07) is 11.5. The first-order valence-corrected chi connectivity index (χ1v) is 6.88. The largest absolute Gasteiger partial charge is 0.494 e. The van der Waals surface area contributed by atoms with E-state index in [0.29, 0.717) is 12.5 Å². The fourth-order valence-electron chi connectivity index (χ4n) is 1.80. The molecule has 1 N–H and O–H groups in total. The zero-order valence-corrected chi connectivity index (χ0v) is 11.9. The van der Waals surface area contributed by atoms with E-state index in [2.05, 4.69) is 17.2 Å². The van der Waals surface area contributed by atoms with Crippen LogP contribution in [0.2, 0.25) is 0 Å². The van der Waals surface area contributed by atoms with Crippen molar-refractivity contribution in [2.24, 2.45) is 0 Å². The van der Waals surface area contributed by atoms with E-state index in [1.54, 1.807) is 6.20 Å². The van der Waals surface area contributed by atoms with Crippen molar-refractivity contribution >= 4 is 0 Å². The molecule has 106 valence electrons. The van der Waals surface area contributed by atoms with Crippen molar-refractivity contribution in [2.75, 3.05) is 13.2 Å². The van der Waals surface area contributed by atoms with Gasteiger partial charge in [0, 0.05) is 24.9 Å². The predicted octanol–water partition coefficient (Wildman–Crippen LogP) is 3.38. The Bertz CT molecular complexity index is 544. The van der Waals surface area contributed by atoms with Crippen LogP contribution in [0.25, 0.3) is 0 Å². The summed E-state index contributed by atoms with van der Waals surface area (Å²) >= 11 is 0. The van der Waals surface area contributed by atoms with Crippen LogP contribution in [0.5, 0.6) is 17.4 Å². The third-order valence-electron chi connectivity index (χ3n) is 2.72. The molecule has 4 heteroatoms. The number of benzene rings is 1.